The third-order valence-electron chi connectivity index (χ3n) is 4.46. The molecule has 1 atom stereocenters. The van der Waals surface area contributed by atoms with Crippen LogP contribution in [0.2, 0.25) is 0 Å². The number of rotatable bonds is 2. The Labute approximate surface area is 155 Å². The van der Waals surface area contributed by atoms with E-state index in [0.29, 0.717) is 18.5 Å². The average Bonchev–Trinajstić information content (AvgIpc) is 2.96. The topological polar surface area (TPSA) is 47.4 Å². The first-order valence-corrected chi connectivity index (χ1v) is 9.34. The lowest BCUT2D eigenvalue weighted by Gasteiger charge is -2.33. The number of hydrogen-bond donors (Lipinski definition) is 0. The minimum atomic E-state index is -0.511. The predicted octanol–water partition coefficient (Wildman–Crippen LogP) is 5.24. The summed E-state index contributed by atoms with van der Waals surface area (Å²) in [7, 11) is 0. The van der Waals surface area contributed by atoms with Crippen molar-refractivity contribution in [2.24, 2.45) is 5.92 Å². The van der Waals surface area contributed by atoms with E-state index in [4.69, 9.17) is 4.74 Å². The molecule has 1 aliphatic rings. The fourth-order valence-electron chi connectivity index (χ4n) is 3.13. The second kappa shape index (κ2) is 6.78. The smallest absolute Gasteiger partial charge is 0.414 e. The van der Waals surface area contributed by atoms with Crippen LogP contribution in [0.1, 0.15) is 59.6 Å². The number of amides is 1. The van der Waals surface area contributed by atoms with Gasteiger partial charge < -0.3 is 4.74 Å². The summed E-state index contributed by atoms with van der Waals surface area (Å²) in [5, 5.41) is 5.77. The van der Waals surface area contributed by atoms with Crippen LogP contribution in [0.5, 0.6) is 0 Å². The van der Waals surface area contributed by atoms with Crippen LogP contribution < -0.4 is 0 Å². The summed E-state index contributed by atoms with van der Waals surface area (Å²) < 4.78 is 7.60. The molecule has 0 aliphatic carbocycles. The van der Waals surface area contributed by atoms with Gasteiger partial charge in [-0.2, -0.15) is 5.10 Å². The molecule has 1 aliphatic heterocycles. The fraction of sp³-hybridized carbons (Fsp3) is 0.524. The Bertz CT molecular complexity index is 843. The van der Waals surface area contributed by atoms with Crippen LogP contribution in [-0.4, -0.2) is 32.9 Å². The summed E-state index contributed by atoms with van der Waals surface area (Å²) in [6.45, 7) is 12.7. The summed E-state index contributed by atoms with van der Waals surface area (Å²) in [6, 6.07) is 6.52. The molecule has 1 amide bonds. The minimum Gasteiger partial charge on any atom is -0.443 e. The van der Waals surface area contributed by atoms with Gasteiger partial charge in [0.1, 0.15) is 5.60 Å². The monoisotopic (exact) mass is 355 g/mol. The lowest BCUT2D eigenvalue weighted by Crippen LogP contribution is -2.39. The Hall–Kier alpha value is -2.30. The van der Waals surface area contributed by atoms with Crippen molar-refractivity contribution in [2.75, 3.05) is 6.54 Å². The van der Waals surface area contributed by atoms with Crippen LogP contribution in [0, 0.1) is 5.92 Å². The third-order valence-corrected chi connectivity index (χ3v) is 4.46. The number of hydrogen-bond acceptors (Lipinski definition) is 3. The first-order chi connectivity index (χ1) is 12.1. The molecule has 1 aromatic heterocycles. The van der Waals surface area contributed by atoms with Crippen LogP contribution in [0.15, 0.2) is 30.5 Å². The van der Waals surface area contributed by atoms with Gasteiger partial charge in [-0.3, -0.25) is 9.58 Å². The number of ether oxygens (including phenoxy) is 1. The molecular formula is C21H29N3O2. The highest BCUT2D eigenvalue weighted by molar-refractivity contribution is 5.87. The van der Waals surface area contributed by atoms with Gasteiger partial charge in [-0.1, -0.05) is 25.1 Å². The highest BCUT2D eigenvalue weighted by Gasteiger charge is 2.29. The van der Waals surface area contributed by atoms with Gasteiger partial charge in [-0.05, 0) is 53.0 Å². The molecule has 0 radical (unpaired) electrons. The van der Waals surface area contributed by atoms with Crippen molar-refractivity contribution in [2.45, 2.75) is 59.6 Å². The lowest BCUT2D eigenvalue weighted by molar-refractivity contribution is 0.0327. The quantitative estimate of drug-likeness (QED) is 0.740. The third kappa shape index (κ3) is 3.92. The molecule has 2 aromatic rings. The van der Waals surface area contributed by atoms with E-state index in [1.165, 1.54) is 0 Å². The van der Waals surface area contributed by atoms with E-state index in [1.54, 1.807) is 4.90 Å². The molecule has 0 fully saturated rings. The maximum Gasteiger partial charge on any atom is 0.414 e. The number of allylic oxidation sites excluding steroid dienone is 1. The van der Waals surface area contributed by atoms with E-state index < -0.39 is 5.60 Å². The van der Waals surface area contributed by atoms with E-state index in [2.05, 4.69) is 56.3 Å². The van der Waals surface area contributed by atoms with Crippen molar-refractivity contribution in [1.29, 1.82) is 0 Å². The average molecular weight is 355 g/mol. The maximum absolute atomic E-state index is 12.7. The SMILES string of the molecule is CC1CC=C(c2ccc3cn(C(C)C)nc3c2)N(C(=O)OC(C)(C)C)C1. The molecule has 0 bridgehead atoms. The second-order valence-electron chi connectivity index (χ2n) is 8.50. The molecule has 5 nitrogen and oxygen atoms in total. The number of nitrogens with zero attached hydrogens (tertiary/aromatic N) is 3. The Morgan fingerprint density at radius 1 is 1.31 bits per heavy atom. The Kier molecular flexibility index (Phi) is 4.82. The lowest BCUT2D eigenvalue weighted by atomic mass is 9.98. The van der Waals surface area contributed by atoms with Gasteiger partial charge >= 0.3 is 6.09 Å². The largest absolute Gasteiger partial charge is 0.443 e. The Morgan fingerprint density at radius 2 is 2.04 bits per heavy atom. The molecule has 140 valence electrons. The molecule has 1 unspecified atom stereocenters. The van der Waals surface area contributed by atoms with Crippen molar-refractivity contribution >= 4 is 22.7 Å². The summed E-state index contributed by atoms with van der Waals surface area (Å²) in [6.07, 6.45) is 4.86. The molecular weight excluding hydrogens is 326 g/mol. The number of carbonyl (C=O) groups is 1. The van der Waals surface area contributed by atoms with Crippen molar-refractivity contribution < 1.29 is 9.53 Å². The van der Waals surface area contributed by atoms with Gasteiger partial charge in [-0.25, -0.2) is 4.79 Å². The normalized spacial score (nSPS) is 18.3. The highest BCUT2D eigenvalue weighted by Crippen LogP contribution is 2.31. The van der Waals surface area contributed by atoms with Crippen LogP contribution in [-0.2, 0) is 4.74 Å². The van der Waals surface area contributed by atoms with Crippen LogP contribution >= 0.6 is 0 Å². The minimum absolute atomic E-state index is 0.289. The summed E-state index contributed by atoms with van der Waals surface area (Å²) in [5.41, 5.74) is 2.35. The predicted molar refractivity (Wildman–Crippen MR) is 105 cm³/mol. The van der Waals surface area contributed by atoms with Gasteiger partial charge in [0.25, 0.3) is 0 Å². The Balaban J connectivity index is 1.96. The zero-order chi connectivity index (χ0) is 19.1. The molecule has 0 saturated heterocycles. The molecule has 0 N–H and O–H groups in total. The van der Waals surface area contributed by atoms with Gasteiger partial charge in [0.05, 0.1) is 11.2 Å². The number of carbonyl (C=O) groups excluding carboxylic acids is 1. The van der Waals surface area contributed by atoms with E-state index in [0.717, 1.165) is 28.6 Å². The maximum atomic E-state index is 12.7. The molecule has 3 rings (SSSR count). The molecule has 1 aromatic carbocycles. The molecule has 0 saturated carbocycles. The van der Waals surface area contributed by atoms with Crippen molar-refractivity contribution in [3.05, 3.63) is 36.0 Å². The molecule has 0 spiro atoms. The number of benzene rings is 1. The molecule has 26 heavy (non-hydrogen) atoms. The van der Waals surface area contributed by atoms with Gasteiger partial charge in [0.15, 0.2) is 0 Å². The van der Waals surface area contributed by atoms with E-state index in [9.17, 15) is 4.79 Å². The van der Waals surface area contributed by atoms with Gasteiger partial charge in [0, 0.05) is 29.7 Å². The van der Waals surface area contributed by atoms with Crippen molar-refractivity contribution in [3.8, 4) is 0 Å². The first kappa shape index (κ1) is 18.5. The zero-order valence-corrected chi connectivity index (χ0v) is 16.6. The standard InChI is InChI=1S/C21H29N3O2/c1-14(2)24-13-17-9-8-16(11-18(17)22-24)19-10-7-15(3)12-23(19)20(25)26-21(4,5)6/h8-11,13-15H,7,12H2,1-6H3. The van der Waals surface area contributed by atoms with E-state index in [1.807, 2.05) is 25.5 Å². The molecule has 2 heterocycles. The summed E-state index contributed by atoms with van der Waals surface area (Å²) in [5.74, 6) is 0.412. The zero-order valence-electron chi connectivity index (χ0n) is 16.6. The van der Waals surface area contributed by atoms with Crippen molar-refractivity contribution in [1.82, 2.24) is 14.7 Å². The second-order valence-corrected chi connectivity index (χ2v) is 8.50. The molecule has 5 heteroatoms. The fourth-order valence-corrected chi connectivity index (χ4v) is 3.13. The van der Waals surface area contributed by atoms with E-state index >= 15 is 0 Å². The summed E-state index contributed by atoms with van der Waals surface area (Å²) in [4.78, 5) is 14.5. The Morgan fingerprint density at radius 3 is 2.69 bits per heavy atom. The summed E-state index contributed by atoms with van der Waals surface area (Å²) >= 11 is 0. The van der Waals surface area contributed by atoms with Gasteiger partial charge in [0.2, 0.25) is 0 Å². The number of fused-ring (bicyclic) bond motifs is 1. The van der Waals surface area contributed by atoms with E-state index in [-0.39, 0.29) is 6.09 Å². The van der Waals surface area contributed by atoms with Crippen molar-refractivity contribution in [3.63, 3.8) is 0 Å². The number of aromatic nitrogens is 2. The van der Waals surface area contributed by atoms with Crippen LogP contribution in [0.4, 0.5) is 4.79 Å². The first-order valence-electron chi connectivity index (χ1n) is 9.34. The highest BCUT2D eigenvalue weighted by atomic mass is 16.6. The van der Waals surface area contributed by atoms with Crippen LogP contribution in [0.3, 0.4) is 0 Å². The van der Waals surface area contributed by atoms with Crippen LogP contribution in [0.25, 0.3) is 16.6 Å². The van der Waals surface area contributed by atoms with Gasteiger partial charge in [-0.15, -0.1) is 0 Å².